The molecule has 2 heterocycles. The van der Waals surface area contributed by atoms with Crippen molar-refractivity contribution in [2.75, 3.05) is 39.9 Å². The predicted octanol–water partition coefficient (Wildman–Crippen LogP) is 1.44. The molecule has 0 atom stereocenters. The van der Waals surface area contributed by atoms with Crippen LogP contribution in [0.1, 0.15) is 9.67 Å². The molecule has 1 aromatic heterocycles. The number of rotatable bonds is 3. The molecular weight excluding hydrogens is 332 g/mol. The lowest BCUT2D eigenvalue weighted by Crippen LogP contribution is -2.51. The second kappa shape index (κ2) is 6.49. The number of hydrogen-bond acceptors (Lipinski definition) is 4. The molecule has 0 radical (unpaired) electrons. The minimum Gasteiger partial charge on any atom is -0.375 e. The molecule has 0 saturated carbocycles. The number of carbonyl (C=O) groups is 2. The summed E-state index contributed by atoms with van der Waals surface area (Å²) in [5.41, 5.74) is 0. The van der Waals surface area contributed by atoms with Crippen molar-refractivity contribution in [3.63, 3.8) is 0 Å². The molecule has 5 nitrogen and oxygen atoms in total. The van der Waals surface area contributed by atoms with E-state index in [9.17, 15) is 9.59 Å². The normalized spacial score (nSPS) is 15.7. The molecule has 2 amide bonds. The minimum absolute atomic E-state index is 0.0214. The number of halogens is 1. The molecule has 1 aromatic rings. The van der Waals surface area contributed by atoms with Crippen LogP contribution in [-0.4, -0.2) is 61.5 Å². The fraction of sp³-hybridized carbons (Fsp3) is 0.500. The van der Waals surface area contributed by atoms with Gasteiger partial charge >= 0.3 is 0 Å². The van der Waals surface area contributed by atoms with Gasteiger partial charge in [0.05, 0.1) is 0 Å². The molecule has 0 unspecified atom stereocenters. The Morgan fingerprint density at radius 1 is 1.32 bits per heavy atom. The first-order valence-electron chi connectivity index (χ1n) is 5.92. The third kappa shape index (κ3) is 3.34. The van der Waals surface area contributed by atoms with E-state index in [1.54, 1.807) is 9.80 Å². The van der Waals surface area contributed by atoms with Crippen molar-refractivity contribution >= 4 is 39.1 Å². The van der Waals surface area contributed by atoms with Gasteiger partial charge in [-0.3, -0.25) is 9.59 Å². The lowest BCUT2D eigenvalue weighted by atomic mass is 10.3. The van der Waals surface area contributed by atoms with Gasteiger partial charge in [0.1, 0.15) is 11.5 Å². The second-order valence-electron chi connectivity index (χ2n) is 4.20. The maximum Gasteiger partial charge on any atom is 0.265 e. The van der Waals surface area contributed by atoms with E-state index in [0.29, 0.717) is 26.2 Å². The van der Waals surface area contributed by atoms with Crippen molar-refractivity contribution in [1.82, 2.24) is 9.80 Å². The van der Waals surface area contributed by atoms with Crippen molar-refractivity contribution in [2.24, 2.45) is 0 Å². The Morgan fingerprint density at radius 2 is 1.95 bits per heavy atom. The number of carbonyl (C=O) groups excluding carboxylic acids is 2. The third-order valence-corrected chi connectivity index (χ3v) is 4.82. The number of piperazine rings is 1. The van der Waals surface area contributed by atoms with Crippen LogP contribution in [0.2, 0.25) is 0 Å². The van der Waals surface area contributed by atoms with Crippen LogP contribution in [0.25, 0.3) is 0 Å². The first-order chi connectivity index (χ1) is 9.13. The standard InChI is InChI=1S/C12H15BrN2O3S/c1-18-8-10(16)14-3-5-15(6-4-14)12(17)11-9(13)2-7-19-11/h2,7H,3-6,8H2,1H3. The van der Waals surface area contributed by atoms with E-state index in [4.69, 9.17) is 4.74 Å². The Kier molecular flexibility index (Phi) is 4.95. The number of ether oxygens (including phenoxy) is 1. The summed E-state index contributed by atoms with van der Waals surface area (Å²) in [6.07, 6.45) is 0. The minimum atomic E-state index is -0.0214. The summed E-state index contributed by atoms with van der Waals surface area (Å²) in [5, 5.41) is 1.88. The van der Waals surface area contributed by atoms with Crippen molar-refractivity contribution in [2.45, 2.75) is 0 Å². The molecule has 19 heavy (non-hydrogen) atoms. The van der Waals surface area contributed by atoms with Gasteiger partial charge in [-0.15, -0.1) is 11.3 Å². The highest BCUT2D eigenvalue weighted by atomic mass is 79.9. The monoisotopic (exact) mass is 346 g/mol. The largest absolute Gasteiger partial charge is 0.375 e. The molecule has 2 rings (SSSR count). The average molecular weight is 347 g/mol. The molecular formula is C12H15BrN2O3S. The van der Waals surface area contributed by atoms with Gasteiger partial charge in [-0.25, -0.2) is 0 Å². The topological polar surface area (TPSA) is 49.9 Å². The molecule has 104 valence electrons. The summed E-state index contributed by atoms with van der Waals surface area (Å²) >= 11 is 4.80. The first-order valence-corrected chi connectivity index (χ1v) is 7.59. The van der Waals surface area contributed by atoms with Crippen LogP contribution in [0.5, 0.6) is 0 Å². The van der Waals surface area contributed by atoms with Gasteiger partial charge < -0.3 is 14.5 Å². The molecule has 1 aliphatic heterocycles. The highest BCUT2D eigenvalue weighted by Crippen LogP contribution is 2.24. The van der Waals surface area contributed by atoms with E-state index in [-0.39, 0.29) is 18.4 Å². The lowest BCUT2D eigenvalue weighted by molar-refractivity contribution is -0.136. The van der Waals surface area contributed by atoms with E-state index in [2.05, 4.69) is 15.9 Å². The van der Waals surface area contributed by atoms with Gasteiger partial charge in [-0.2, -0.15) is 0 Å². The molecule has 0 aliphatic carbocycles. The van der Waals surface area contributed by atoms with Gasteiger partial charge in [0.25, 0.3) is 5.91 Å². The van der Waals surface area contributed by atoms with Crippen LogP contribution < -0.4 is 0 Å². The fourth-order valence-corrected chi connectivity index (χ4v) is 3.47. The summed E-state index contributed by atoms with van der Waals surface area (Å²) in [6.45, 7) is 2.37. The number of amides is 2. The van der Waals surface area contributed by atoms with Crippen molar-refractivity contribution in [3.05, 3.63) is 20.8 Å². The Labute approximate surface area is 124 Å². The van der Waals surface area contributed by atoms with Crippen LogP contribution in [0.4, 0.5) is 0 Å². The highest BCUT2D eigenvalue weighted by molar-refractivity contribution is 9.10. The molecule has 1 saturated heterocycles. The Bertz CT molecular complexity index is 469. The molecule has 0 spiro atoms. The molecule has 1 fully saturated rings. The van der Waals surface area contributed by atoms with E-state index in [1.807, 2.05) is 11.4 Å². The molecule has 0 N–H and O–H groups in total. The second-order valence-corrected chi connectivity index (χ2v) is 5.97. The van der Waals surface area contributed by atoms with Crippen molar-refractivity contribution < 1.29 is 14.3 Å². The van der Waals surface area contributed by atoms with Gasteiger partial charge in [0.2, 0.25) is 5.91 Å². The fourth-order valence-electron chi connectivity index (χ4n) is 1.96. The average Bonchev–Trinajstić information content (AvgIpc) is 2.84. The van der Waals surface area contributed by atoms with Crippen LogP contribution >= 0.6 is 27.3 Å². The molecule has 0 bridgehead atoms. The van der Waals surface area contributed by atoms with Crippen LogP contribution in [0.15, 0.2) is 15.9 Å². The third-order valence-electron chi connectivity index (χ3n) is 3.00. The maximum atomic E-state index is 12.3. The van der Waals surface area contributed by atoms with Crippen molar-refractivity contribution in [3.8, 4) is 0 Å². The van der Waals surface area contributed by atoms with Gasteiger partial charge in [0.15, 0.2) is 0 Å². The molecule has 1 aliphatic rings. The highest BCUT2D eigenvalue weighted by Gasteiger charge is 2.26. The van der Waals surface area contributed by atoms with Crippen molar-refractivity contribution in [1.29, 1.82) is 0 Å². The predicted molar refractivity (Wildman–Crippen MR) is 76.4 cm³/mol. The number of hydrogen-bond donors (Lipinski definition) is 0. The Morgan fingerprint density at radius 3 is 2.47 bits per heavy atom. The van der Waals surface area contributed by atoms with E-state index >= 15 is 0 Å². The zero-order valence-corrected chi connectivity index (χ0v) is 13.0. The first kappa shape index (κ1) is 14.5. The number of nitrogens with zero attached hydrogens (tertiary/aromatic N) is 2. The van der Waals surface area contributed by atoms with Crippen LogP contribution in [0, 0.1) is 0 Å². The molecule has 0 aromatic carbocycles. The summed E-state index contributed by atoms with van der Waals surface area (Å²) in [5.74, 6) is 0.00705. The summed E-state index contributed by atoms with van der Waals surface area (Å²) in [6, 6.07) is 1.87. The van der Waals surface area contributed by atoms with Gasteiger partial charge in [-0.05, 0) is 27.4 Å². The maximum absolute atomic E-state index is 12.3. The Balaban J connectivity index is 1.92. The van der Waals surface area contributed by atoms with E-state index in [0.717, 1.165) is 9.35 Å². The van der Waals surface area contributed by atoms with Crippen LogP contribution in [0.3, 0.4) is 0 Å². The van der Waals surface area contributed by atoms with E-state index in [1.165, 1.54) is 18.4 Å². The summed E-state index contributed by atoms with van der Waals surface area (Å²) in [7, 11) is 1.51. The van der Waals surface area contributed by atoms with Gasteiger partial charge in [0, 0.05) is 37.8 Å². The Hall–Kier alpha value is -0.920. The molecule has 7 heteroatoms. The lowest BCUT2D eigenvalue weighted by Gasteiger charge is -2.34. The summed E-state index contributed by atoms with van der Waals surface area (Å²) in [4.78, 5) is 28.1. The number of thiophene rings is 1. The number of methoxy groups -OCH3 is 1. The van der Waals surface area contributed by atoms with E-state index < -0.39 is 0 Å². The zero-order chi connectivity index (χ0) is 13.8. The SMILES string of the molecule is COCC(=O)N1CCN(C(=O)c2sccc2Br)CC1. The summed E-state index contributed by atoms with van der Waals surface area (Å²) < 4.78 is 5.66. The van der Waals surface area contributed by atoms with Gasteiger partial charge in [-0.1, -0.05) is 0 Å². The zero-order valence-electron chi connectivity index (χ0n) is 10.6. The smallest absolute Gasteiger partial charge is 0.265 e. The quantitative estimate of drug-likeness (QED) is 0.832. The van der Waals surface area contributed by atoms with Crippen LogP contribution in [-0.2, 0) is 9.53 Å².